The van der Waals surface area contributed by atoms with Gasteiger partial charge in [0, 0.05) is 12.5 Å². The topological polar surface area (TPSA) is 85.1 Å². The van der Waals surface area contributed by atoms with Gasteiger partial charge in [-0.25, -0.2) is 4.98 Å². The summed E-state index contributed by atoms with van der Waals surface area (Å²) >= 11 is 5.65. The normalized spacial score (nSPS) is 10.1. The van der Waals surface area contributed by atoms with Crippen LogP contribution in [0.1, 0.15) is 32.6 Å². The molecule has 1 heterocycles. The van der Waals surface area contributed by atoms with Gasteiger partial charge >= 0.3 is 5.69 Å². The molecule has 0 bridgehead atoms. The summed E-state index contributed by atoms with van der Waals surface area (Å²) < 4.78 is 0. The van der Waals surface area contributed by atoms with Crippen LogP contribution in [0.4, 0.5) is 11.5 Å². The molecular weight excluding hydrogens is 258 g/mol. The molecule has 0 spiro atoms. The molecule has 0 saturated carbocycles. The molecule has 98 valence electrons. The van der Waals surface area contributed by atoms with Crippen LogP contribution in [0.5, 0.6) is 0 Å². The van der Waals surface area contributed by atoms with E-state index in [9.17, 15) is 14.9 Å². The summed E-state index contributed by atoms with van der Waals surface area (Å²) in [6, 6.07) is 2.53. The highest BCUT2D eigenvalue weighted by atomic mass is 35.5. The van der Waals surface area contributed by atoms with Gasteiger partial charge in [-0.2, -0.15) is 0 Å². The van der Waals surface area contributed by atoms with Crippen LogP contribution in [0.3, 0.4) is 0 Å². The van der Waals surface area contributed by atoms with Gasteiger partial charge in [-0.15, -0.1) is 0 Å². The van der Waals surface area contributed by atoms with E-state index in [1.807, 2.05) is 6.92 Å². The molecule has 0 atom stereocenters. The summed E-state index contributed by atoms with van der Waals surface area (Å²) in [5.74, 6) is -0.393. The third-order valence-electron chi connectivity index (χ3n) is 2.30. The van der Waals surface area contributed by atoms with Crippen molar-refractivity contribution in [3.8, 4) is 0 Å². The lowest BCUT2D eigenvalue weighted by atomic mass is 10.2. The van der Waals surface area contributed by atoms with Gasteiger partial charge in [0.1, 0.15) is 5.15 Å². The van der Waals surface area contributed by atoms with E-state index in [4.69, 9.17) is 11.6 Å². The fourth-order valence-corrected chi connectivity index (χ4v) is 1.54. The molecule has 0 aliphatic heterocycles. The largest absolute Gasteiger partial charge is 0.311 e. The maximum absolute atomic E-state index is 11.6. The third-order valence-corrected chi connectivity index (χ3v) is 2.51. The Bertz CT molecular complexity index is 451. The van der Waals surface area contributed by atoms with E-state index in [0.29, 0.717) is 6.42 Å². The minimum Gasteiger partial charge on any atom is -0.305 e. The summed E-state index contributed by atoms with van der Waals surface area (Å²) in [5.41, 5.74) is -0.261. The molecule has 7 heteroatoms. The van der Waals surface area contributed by atoms with Crippen molar-refractivity contribution < 1.29 is 9.72 Å². The number of rotatable bonds is 6. The second-order valence-electron chi connectivity index (χ2n) is 3.76. The van der Waals surface area contributed by atoms with Gasteiger partial charge in [-0.1, -0.05) is 31.4 Å². The first kappa shape index (κ1) is 14.4. The number of nitrogens with one attached hydrogen (secondary N) is 1. The number of pyridine rings is 1. The van der Waals surface area contributed by atoms with Crippen molar-refractivity contribution in [3.05, 3.63) is 27.4 Å². The fraction of sp³-hybridized carbons (Fsp3) is 0.455. The van der Waals surface area contributed by atoms with Crippen LogP contribution < -0.4 is 5.32 Å². The minimum atomic E-state index is -0.606. The molecule has 0 fully saturated rings. The van der Waals surface area contributed by atoms with Crippen LogP contribution in [0, 0.1) is 10.1 Å². The van der Waals surface area contributed by atoms with E-state index < -0.39 is 4.92 Å². The molecule has 18 heavy (non-hydrogen) atoms. The van der Waals surface area contributed by atoms with E-state index in [-0.39, 0.29) is 22.6 Å². The predicted octanol–water partition coefficient (Wildman–Crippen LogP) is 3.16. The van der Waals surface area contributed by atoms with E-state index in [1.54, 1.807) is 0 Å². The molecule has 1 aromatic rings. The number of unbranched alkanes of at least 4 members (excludes halogenated alkanes) is 2. The van der Waals surface area contributed by atoms with E-state index >= 15 is 0 Å². The average molecular weight is 272 g/mol. The van der Waals surface area contributed by atoms with Gasteiger partial charge in [0.25, 0.3) is 0 Å². The molecule has 1 rings (SSSR count). The Morgan fingerprint density at radius 2 is 2.22 bits per heavy atom. The quantitative estimate of drug-likeness (QED) is 0.373. The molecule has 6 nitrogen and oxygen atoms in total. The molecular formula is C11H14ClN3O3. The second kappa shape index (κ2) is 6.90. The SMILES string of the molecule is CCCCCC(=O)Nc1nc(Cl)ccc1[N+](=O)[O-]. The number of amides is 1. The second-order valence-corrected chi connectivity index (χ2v) is 4.15. The van der Waals surface area contributed by atoms with Crippen LogP contribution in [0.25, 0.3) is 0 Å². The van der Waals surface area contributed by atoms with Gasteiger partial charge in [-0.05, 0) is 12.5 Å². The lowest BCUT2D eigenvalue weighted by Gasteiger charge is -2.05. The number of carbonyl (C=O) groups excluding carboxylic acids is 1. The molecule has 0 saturated heterocycles. The fourth-order valence-electron chi connectivity index (χ4n) is 1.40. The first-order chi connectivity index (χ1) is 8.54. The Morgan fingerprint density at radius 1 is 1.50 bits per heavy atom. The van der Waals surface area contributed by atoms with E-state index in [1.165, 1.54) is 12.1 Å². The Kier molecular flexibility index (Phi) is 5.51. The van der Waals surface area contributed by atoms with Gasteiger partial charge in [-0.3, -0.25) is 14.9 Å². The van der Waals surface area contributed by atoms with Gasteiger partial charge < -0.3 is 5.32 Å². The summed E-state index contributed by atoms with van der Waals surface area (Å²) in [4.78, 5) is 25.5. The summed E-state index contributed by atoms with van der Waals surface area (Å²) in [6.07, 6.45) is 3.01. The highest BCUT2D eigenvalue weighted by Gasteiger charge is 2.17. The highest BCUT2D eigenvalue weighted by Crippen LogP contribution is 2.24. The summed E-state index contributed by atoms with van der Waals surface area (Å²) in [6.45, 7) is 2.03. The van der Waals surface area contributed by atoms with Crippen molar-refractivity contribution in [3.63, 3.8) is 0 Å². The molecule has 1 N–H and O–H groups in total. The number of aromatic nitrogens is 1. The van der Waals surface area contributed by atoms with Crippen LogP contribution >= 0.6 is 11.6 Å². The summed E-state index contributed by atoms with van der Waals surface area (Å²) in [5, 5.41) is 13.3. The Labute approximate surface area is 110 Å². The standard InChI is InChI=1S/C11H14ClN3O3/c1-2-3-4-5-10(16)14-11-8(15(17)18)6-7-9(12)13-11/h6-7H,2-5H2,1H3,(H,13,14,16). The number of nitrogens with zero attached hydrogens (tertiary/aromatic N) is 2. The van der Waals surface area contributed by atoms with Crippen LogP contribution in [-0.2, 0) is 4.79 Å². The minimum absolute atomic E-state index is 0.101. The molecule has 1 aromatic heterocycles. The molecule has 0 aliphatic carbocycles. The first-order valence-electron chi connectivity index (χ1n) is 5.65. The third kappa shape index (κ3) is 4.29. The maximum Gasteiger partial charge on any atom is 0.311 e. The van der Waals surface area contributed by atoms with Crippen LogP contribution in [0.2, 0.25) is 5.15 Å². The average Bonchev–Trinajstić information content (AvgIpc) is 2.29. The van der Waals surface area contributed by atoms with Crippen LogP contribution in [-0.4, -0.2) is 15.8 Å². The number of nitro groups is 1. The zero-order chi connectivity index (χ0) is 13.5. The van der Waals surface area contributed by atoms with Crippen molar-refractivity contribution in [2.45, 2.75) is 32.6 Å². The van der Waals surface area contributed by atoms with Gasteiger partial charge in [0.05, 0.1) is 4.92 Å². The number of halogens is 1. The monoisotopic (exact) mass is 271 g/mol. The van der Waals surface area contributed by atoms with Crippen molar-refractivity contribution in [1.29, 1.82) is 0 Å². The maximum atomic E-state index is 11.6. The van der Waals surface area contributed by atoms with Crippen LogP contribution in [0.15, 0.2) is 12.1 Å². The molecule has 1 amide bonds. The summed E-state index contributed by atoms with van der Waals surface area (Å²) in [7, 11) is 0. The zero-order valence-corrected chi connectivity index (χ0v) is 10.7. The number of hydrogen-bond donors (Lipinski definition) is 1. The van der Waals surface area contributed by atoms with Gasteiger partial charge in [0.2, 0.25) is 11.7 Å². The predicted molar refractivity (Wildman–Crippen MR) is 68.7 cm³/mol. The number of carbonyl (C=O) groups is 1. The smallest absolute Gasteiger partial charge is 0.305 e. The van der Waals surface area contributed by atoms with Crippen molar-refractivity contribution >= 4 is 29.0 Å². The Hall–Kier alpha value is -1.69. The van der Waals surface area contributed by atoms with Crippen molar-refractivity contribution in [1.82, 2.24) is 4.98 Å². The van der Waals surface area contributed by atoms with Crippen molar-refractivity contribution in [2.24, 2.45) is 0 Å². The molecule has 0 radical (unpaired) electrons. The van der Waals surface area contributed by atoms with E-state index in [0.717, 1.165) is 19.3 Å². The Morgan fingerprint density at radius 3 is 2.83 bits per heavy atom. The van der Waals surface area contributed by atoms with E-state index in [2.05, 4.69) is 10.3 Å². The van der Waals surface area contributed by atoms with Crippen molar-refractivity contribution in [2.75, 3.05) is 5.32 Å². The molecule has 0 aromatic carbocycles. The lowest BCUT2D eigenvalue weighted by Crippen LogP contribution is -2.13. The van der Waals surface area contributed by atoms with Gasteiger partial charge in [0.15, 0.2) is 0 Å². The number of hydrogen-bond acceptors (Lipinski definition) is 4. The lowest BCUT2D eigenvalue weighted by molar-refractivity contribution is -0.384. The first-order valence-corrected chi connectivity index (χ1v) is 6.03. The zero-order valence-electron chi connectivity index (χ0n) is 9.98. The highest BCUT2D eigenvalue weighted by molar-refractivity contribution is 6.29. The molecule has 0 aliphatic rings. The Balaban J connectivity index is 2.73. The molecule has 0 unspecified atom stereocenters. The number of anilines is 1.